The van der Waals surface area contributed by atoms with E-state index in [4.69, 9.17) is 14.2 Å². The van der Waals surface area contributed by atoms with Gasteiger partial charge in [0.2, 0.25) is 0 Å². The highest BCUT2D eigenvalue weighted by Crippen LogP contribution is 2.31. The fourth-order valence-corrected chi connectivity index (χ4v) is 3.34. The SMILES string of the molecule is COc1cccc(CNCCc2cccnc2)c1OC[C@H](O)CN1CCOCC1. The third-order valence-electron chi connectivity index (χ3n) is 4.90. The molecule has 1 aliphatic heterocycles. The minimum Gasteiger partial charge on any atom is -0.493 e. The largest absolute Gasteiger partial charge is 0.493 e. The van der Waals surface area contributed by atoms with E-state index >= 15 is 0 Å². The van der Waals surface area contributed by atoms with Gasteiger partial charge in [0, 0.05) is 44.1 Å². The van der Waals surface area contributed by atoms with Crippen LogP contribution in [0.15, 0.2) is 42.7 Å². The van der Waals surface area contributed by atoms with Gasteiger partial charge < -0.3 is 24.6 Å². The summed E-state index contributed by atoms with van der Waals surface area (Å²) in [7, 11) is 1.63. The van der Waals surface area contributed by atoms with Crippen molar-refractivity contribution in [3.05, 3.63) is 53.9 Å². The van der Waals surface area contributed by atoms with Crippen LogP contribution in [-0.4, -0.2) is 74.2 Å². The Balaban J connectivity index is 1.51. The Hall–Kier alpha value is -2.19. The summed E-state index contributed by atoms with van der Waals surface area (Å²) in [5.74, 6) is 1.36. The summed E-state index contributed by atoms with van der Waals surface area (Å²) in [5.41, 5.74) is 2.21. The Morgan fingerprint density at radius 2 is 2.10 bits per heavy atom. The number of methoxy groups -OCH3 is 1. The van der Waals surface area contributed by atoms with Crippen LogP contribution in [0.2, 0.25) is 0 Å². The molecule has 1 saturated heterocycles. The van der Waals surface area contributed by atoms with Gasteiger partial charge in [-0.25, -0.2) is 0 Å². The second kappa shape index (κ2) is 11.7. The van der Waals surface area contributed by atoms with Gasteiger partial charge in [-0.1, -0.05) is 18.2 Å². The zero-order valence-electron chi connectivity index (χ0n) is 17.0. The van der Waals surface area contributed by atoms with E-state index in [1.165, 1.54) is 5.56 Å². The first-order valence-electron chi connectivity index (χ1n) is 10.1. The zero-order valence-corrected chi connectivity index (χ0v) is 17.0. The third kappa shape index (κ3) is 6.97. The molecule has 7 nitrogen and oxygen atoms in total. The van der Waals surface area contributed by atoms with Gasteiger partial charge in [0.05, 0.1) is 20.3 Å². The molecule has 3 rings (SSSR count). The van der Waals surface area contributed by atoms with Gasteiger partial charge in [-0.15, -0.1) is 0 Å². The van der Waals surface area contributed by atoms with Gasteiger partial charge in [-0.2, -0.15) is 0 Å². The second-order valence-corrected chi connectivity index (χ2v) is 7.11. The fraction of sp³-hybridized carbons (Fsp3) is 0.500. The first-order valence-corrected chi connectivity index (χ1v) is 10.1. The molecule has 158 valence electrons. The number of ether oxygens (including phenoxy) is 3. The number of β-amino-alcohol motifs (C(OH)–C–C–N with tert-alkyl or cyclic N) is 1. The number of benzene rings is 1. The van der Waals surface area contributed by atoms with E-state index in [-0.39, 0.29) is 6.61 Å². The summed E-state index contributed by atoms with van der Waals surface area (Å²) in [5, 5.41) is 13.8. The van der Waals surface area contributed by atoms with Crippen molar-refractivity contribution in [2.45, 2.75) is 19.1 Å². The maximum atomic E-state index is 10.4. The monoisotopic (exact) mass is 401 g/mol. The predicted molar refractivity (Wildman–Crippen MR) is 111 cm³/mol. The van der Waals surface area contributed by atoms with E-state index in [0.29, 0.717) is 24.6 Å². The molecular formula is C22H31N3O4. The van der Waals surface area contributed by atoms with Crippen molar-refractivity contribution < 1.29 is 19.3 Å². The van der Waals surface area contributed by atoms with Crippen LogP contribution in [0.1, 0.15) is 11.1 Å². The van der Waals surface area contributed by atoms with E-state index < -0.39 is 6.10 Å². The van der Waals surface area contributed by atoms with Crippen LogP contribution in [0.5, 0.6) is 11.5 Å². The molecule has 0 spiro atoms. The fourth-order valence-electron chi connectivity index (χ4n) is 3.34. The average Bonchev–Trinajstić information content (AvgIpc) is 2.77. The van der Waals surface area contributed by atoms with Crippen LogP contribution >= 0.6 is 0 Å². The summed E-state index contributed by atoms with van der Waals surface area (Å²) in [4.78, 5) is 6.34. The number of aromatic nitrogens is 1. The van der Waals surface area contributed by atoms with Crippen molar-refractivity contribution in [1.29, 1.82) is 0 Å². The summed E-state index contributed by atoms with van der Waals surface area (Å²) >= 11 is 0. The van der Waals surface area contributed by atoms with E-state index in [9.17, 15) is 5.11 Å². The van der Waals surface area contributed by atoms with Gasteiger partial charge in [0.25, 0.3) is 0 Å². The molecule has 1 fully saturated rings. The van der Waals surface area contributed by atoms with Crippen LogP contribution in [-0.2, 0) is 17.7 Å². The summed E-state index contributed by atoms with van der Waals surface area (Å²) < 4.78 is 16.8. The molecule has 1 aromatic heterocycles. The van der Waals surface area contributed by atoms with Crippen molar-refractivity contribution in [2.75, 3.05) is 53.1 Å². The maximum absolute atomic E-state index is 10.4. The molecule has 2 heterocycles. The summed E-state index contributed by atoms with van der Waals surface area (Å²) in [6.45, 7) is 5.42. The van der Waals surface area contributed by atoms with Crippen molar-refractivity contribution in [3.63, 3.8) is 0 Å². The average molecular weight is 402 g/mol. The standard InChI is InChI=1S/C22H31N3O4/c1-27-21-6-2-5-19(15-24-9-7-18-4-3-8-23-14-18)22(21)29-17-20(26)16-25-10-12-28-13-11-25/h2-6,8,14,20,24,26H,7,9-13,15-17H2,1H3/t20-/m1/s1. The van der Waals surface area contributed by atoms with E-state index in [1.807, 2.05) is 30.5 Å². The Labute approximate surface area is 172 Å². The molecule has 29 heavy (non-hydrogen) atoms. The zero-order chi connectivity index (χ0) is 20.3. The van der Waals surface area contributed by atoms with Crippen molar-refractivity contribution in [1.82, 2.24) is 15.2 Å². The number of rotatable bonds is 11. The molecule has 0 saturated carbocycles. The molecule has 1 aromatic carbocycles. The maximum Gasteiger partial charge on any atom is 0.165 e. The Morgan fingerprint density at radius 3 is 2.86 bits per heavy atom. The number of nitrogens with zero attached hydrogens (tertiary/aromatic N) is 2. The lowest BCUT2D eigenvalue weighted by molar-refractivity contribution is 0.00436. The Kier molecular flexibility index (Phi) is 8.70. The predicted octanol–water partition coefficient (Wildman–Crippen LogP) is 1.49. The molecule has 0 bridgehead atoms. The van der Waals surface area contributed by atoms with E-state index in [0.717, 1.165) is 44.8 Å². The molecule has 7 heteroatoms. The number of pyridine rings is 1. The Bertz CT molecular complexity index is 723. The topological polar surface area (TPSA) is 76.1 Å². The summed E-state index contributed by atoms with van der Waals surface area (Å²) in [6.07, 6.45) is 4.01. The lowest BCUT2D eigenvalue weighted by atomic mass is 10.1. The highest BCUT2D eigenvalue weighted by atomic mass is 16.5. The van der Waals surface area contributed by atoms with Crippen LogP contribution in [0.4, 0.5) is 0 Å². The number of nitrogens with one attached hydrogen (secondary N) is 1. The normalized spacial score (nSPS) is 15.8. The van der Waals surface area contributed by atoms with Crippen LogP contribution < -0.4 is 14.8 Å². The molecule has 0 unspecified atom stereocenters. The molecule has 2 N–H and O–H groups in total. The number of para-hydroxylation sites is 1. The molecule has 1 atom stereocenters. The second-order valence-electron chi connectivity index (χ2n) is 7.11. The first-order chi connectivity index (χ1) is 14.3. The smallest absolute Gasteiger partial charge is 0.165 e. The van der Waals surface area contributed by atoms with E-state index in [2.05, 4.69) is 21.3 Å². The van der Waals surface area contributed by atoms with Crippen LogP contribution in [0.25, 0.3) is 0 Å². The molecule has 0 radical (unpaired) electrons. The third-order valence-corrected chi connectivity index (χ3v) is 4.90. The number of morpholine rings is 1. The molecular weight excluding hydrogens is 370 g/mol. The minimum atomic E-state index is -0.565. The summed E-state index contributed by atoms with van der Waals surface area (Å²) in [6, 6.07) is 9.87. The molecule has 0 aliphatic carbocycles. The van der Waals surface area contributed by atoms with Gasteiger partial charge in [0.1, 0.15) is 12.7 Å². The lowest BCUT2D eigenvalue weighted by Gasteiger charge is -2.28. The highest BCUT2D eigenvalue weighted by molar-refractivity contribution is 5.46. The van der Waals surface area contributed by atoms with E-state index in [1.54, 1.807) is 13.3 Å². The minimum absolute atomic E-state index is 0.223. The van der Waals surface area contributed by atoms with Crippen LogP contribution in [0, 0.1) is 0 Å². The lowest BCUT2D eigenvalue weighted by Crippen LogP contribution is -2.42. The van der Waals surface area contributed by atoms with Crippen molar-refractivity contribution in [2.24, 2.45) is 0 Å². The highest BCUT2D eigenvalue weighted by Gasteiger charge is 2.17. The van der Waals surface area contributed by atoms with Crippen LogP contribution in [0.3, 0.4) is 0 Å². The number of hydrogen-bond acceptors (Lipinski definition) is 7. The van der Waals surface area contributed by atoms with Crippen molar-refractivity contribution >= 4 is 0 Å². The first kappa shape index (κ1) is 21.5. The number of aliphatic hydroxyl groups excluding tert-OH is 1. The van der Waals surface area contributed by atoms with Gasteiger partial charge in [-0.05, 0) is 30.7 Å². The van der Waals surface area contributed by atoms with Gasteiger partial charge in [-0.3, -0.25) is 9.88 Å². The number of aliphatic hydroxyl groups is 1. The van der Waals surface area contributed by atoms with Crippen molar-refractivity contribution in [3.8, 4) is 11.5 Å². The molecule has 2 aromatic rings. The number of hydrogen-bond donors (Lipinski definition) is 2. The molecule has 1 aliphatic rings. The van der Waals surface area contributed by atoms with Gasteiger partial charge >= 0.3 is 0 Å². The molecule has 0 amide bonds. The quantitative estimate of drug-likeness (QED) is 0.553. The van der Waals surface area contributed by atoms with Gasteiger partial charge in [0.15, 0.2) is 11.5 Å². The Morgan fingerprint density at radius 1 is 1.24 bits per heavy atom.